The van der Waals surface area contributed by atoms with Gasteiger partial charge in [0.1, 0.15) is 29.6 Å². The van der Waals surface area contributed by atoms with Crippen molar-refractivity contribution in [3.8, 4) is 17.2 Å². The number of benzene rings is 5. The molecule has 1 saturated heterocycles. The average molecular weight is 732 g/mol. The van der Waals surface area contributed by atoms with Crippen molar-refractivity contribution in [2.45, 2.75) is 29.7 Å². The van der Waals surface area contributed by atoms with Crippen LogP contribution in [0.1, 0.15) is 33.9 Å². The molecule has 1 fully saturated rings. The lowest BCUT2D eigenvalue weighted by atomic mass is 9.95. The third kappa shape index (κ3) is 7.68. The number of ketones is 1. The molecule has 1 N–H and O–H groups in total. The molecule has 1 atom stereocenters. The third-order valence-electron chi connectivity index (χ3n) is 8.12. The summed E-state index contributed by atoms with van der Waals surface area (Å²) < 4.78 is 12.7. The molecule has 0 saturated carbocycles. The molecule has 8 nitrogen and oxygen atoms in total. The highest BCUT2D eigenvalue weighted by molar-refractivity contribution is 8.00. The summed E-state index contributed by atoms with van der Waals surface area (Å²) in [4.78, 5) is 29.0. The molecule has 5 aromatic carbocycles. The molecule has 1 unspecified atom stereocenters. The Labute approximate surface area is 308 Å². The van der Waals surface area contributed by atoms with E-state index in [9.17, 15) is 14.7 Å². The van der Waals surface area contributed by atoms with E-state index in [1.54, 1.807) is 48.5 Å². The lowest BCUT2D eigenvalue weighted by Crippen LogP contribution is -2.29. The van der Waals surface area contributed by atoms with Crippen molar-refractivity contribution in [2.75, 3.05) is 4.90 Å². The number of Topliss-reactive ketones (excluding diaryl/α,β-unsaturated/α-hetero) is 1. The van der Waals surface area contributed by atoms with E-state index in [4.69, 9.17) is 21.1 Å². The molecule has 1 aromatic heterocycles. The second-order valence-corrected chi connectivity index (χ2v) is 14.3. The number of amides is 1. The van der Waals surface area contributed by atoms with Crippen molar-refractivity contribution in [2.24, 2.45) is 0 Å². The van der Waals surface area contributed by atoms with Gasteiger partial charge in [0.25, 0.3) is 5.78 Å². The molecule has 0 radical (unpaired) electrons. The number of halogens is 1. The highest BCUT2D eigenvalue weighted by Crippen LogP contribution is 2.45. The number of rotatable bonds is 11. The molecule has 51 heavy (non-hydrogen) atoms. The van der Waals surface area contributed by atoms with Crippen LogP contribution in [0.5, 0.6) is 17.2 Å². The fourth-order valence-electron chi connectivity index (χ4n) is 5.66. The Balaban J connectivity index is 1.22. The predicted molar refractivity (Wildman–Crippen MR) is 201 cm³/mol. The van der Waals surface area contributed by atoms with Crippen LogP contribution in [0.25, 0.3) is 5.76 Å². The Kier molecular flexibility index (Phi) is 10.2. The summed E-state index contributed by atoms with van der Waals surface area (Å²) in [6.07, 6.45) is 0. The van der Waals surface area contributed by atoms with Gasteiger partial charge in [0, 0.05) is 16.3 Å². The van der Waals surface area contributed by atoms with Crippen molar-refractivity contribution in [1.29, 1.82) is 0 Å². The number of hydrogen-bond donors (Lipinski definition) is 1. The van der Waals surface area contributed by atoms with Crippen LogP contribution in [-0.2, 0) is 21.9 Å². The zero-order chi connectivity index (χ0) is 35.3. The maximum absolute atomic E-state index is 13.8. The summed E-state index contributed by atoms with van der Waals surface area (Å²) in [6.45, 7) is 2.40. The van der Waals surface area contributed by atoms with Crippen LogP contribution in [0.15, 0.2) is 137 Å². The molecular weight excluding hydrogens is 702 g/mol. The number of aromatic nitrogens is 2. The van der Waals surface area contributed by atoms with Crippen molar-refractivity contribution in [3.63, 3.8) is 0 Å². The number of hydrogen-bond acceptors (Lipinski definition) is 9. The van der Waals surface area contributed by atoms with Crippen LogP contribution < -0.4 is 14.4 Å². The first-order valence-corrected chi connectivity index (χ1v) is 18.1. The molecule has 254 valence electrons. The first-order valence-electron chi connectivity index (χ1n) is 16.0. The van der Waals surface area contributed by atoms with Crippen molar-refractivity contribution in [1.82, 2.24) is 10.2 Å². The summed E-state index contributed by atoms with van der Waals surface area (Å²) in [5, 5.41) is 21.2. The maximum atomic E-state index is 13.8. The largest absolute Gasteiger partial charge is 0.507 e. The Hall–Kier alpha value is -5.42. The predicted octanol–water partition coefficient (Wildman–Crippen LogP) is 9.79. The summed E-state index contributed by atoms with van der Waals surface area (Å²) in [5.74, 6) is 0.259. The van der Waals surface area contributed by atoms with E-state index in [1.807, 2.05) is 79.7 Å². The first-order chi connectivity index (χ1) is 24.8. The lowest BCUT2D eigenvalue weighted by molar-refractivity contribution is -0.132. The molecule has 0 aliphatic carbocycles. The van der Waals surface area contributed by atoms with Crippen molar-refractivity contribution < 1.29 is 24.2 Å². The zero-order valence-electron chi connectivity index (χ0n) is 27.2. The van der Waals surface area contributed by atoms with Gasteiger partial charge in [0.05, 0.1) is 11.6 Å². The molecular formula is C40H30ClN3O5S2. The van der Waals surface area contributed by atoms with E-state index >= 15 is 0 Å². The number of ether oxygens (including phenoxy) is 2. The van der Waals surface area contributed by atoms with Gasteiger partial charge in [-0.1, -0.05) is 113 Å². The van der Waals surface area contributed by atoms with Crippen molar-refractivity contribution in [3.05, 3.63) is 166 Å². The summed E-state index contributed by atoms with van der Waals surface area (Å²) in [5.41, 5.74) is 3.92. The summed E-state index contributed by atoms with van der Waals surface area (Å²) in [6, 6.07) is 37.7. The number of carbonyl (C=O) groups excluding carboxylic acids is 2. The lowest BCUT2D eigenvalue weighted by Gasteiger charge is -2.23. The third-order valence-corrected chi connectivity index (χ3v) is 10.6. The van der Waals surface area contributed by atoms with E-state index in [-0.39, 0.29) is 16.5 Å². The highest BCUT2D eigenvalue weighted by atomic mass is 35.5. The number of nitrogens with zero attached hydrogens (tertiary/aromatic N) is 3. The molecule has 6 aromatic rings. The SMILES string of the molecule is Cc1cccc(COc2ccc(/C(O)=C3\C(=O)C(=O)N(c4nnc(SCc5ccccc5Cl)s4)C3c3cccc(Oc4ccccc4)c3)cc2)c1. The average Bonchev–Trinajstić information content (AvgIpc) is 3.72. The molecule has 1 aliphatic heterocycles. The van der Waals surface area contributed by atoms with Gasteiger partial charge < -0.3 is 14.6 Å². The normalized spacial score (nSPS) is 15.3. The fraction of sp³-hybridized carbons (Fsp3) is 0.100. The smallest absolute Gasteiger partial charge is 0.301 e. The number of para-hydroxylation sites is 1. The van der Waals surface area contributed by atoms with Crippen LogP contribution in [0.2, 0.25) is 5.02 Å². The quantitative estimate of drug-likeness (QED) is 0.0462. The van der Waals surface area contributed by atoms with Crippen LogP contribution in [0.3, 0.4) is 0 Å². The Morgan fingerprint density at radius 2 is 1.59 bits per heavy atom. The van der Waals surface area contributed by atoms with Gasteiger partial charge in [-0.3, -0.25) is 14.5 Å². The molecule has 0 spiro atoms. The number of aliphatic hydroxyl groups is 1. The van der Waals surface area contributed by atoms with Crippen LogP contribution >= 0.6 is 34.7 Å². The van der Waals surface area contributed by atoms with Gasteiger partial charge in [-0.15, -0.1) is 10.2 Å². The molecule has 1 amide bonds. The van der Waals surface area contributed by atoms with Gasteiger partial charge in [0.2, 0.25) is 5.13 Å². The Bertz CT molecular complexity index is 2240. The number of thioether (sulfide) groups is 1. The van der Waals surface area contributed by atoms with Crippen LogP contribution in [0.4, 0.5) is 5.13 Å². The van der Waals surface area contributed by atoms with Gasteiger partial charge in [0.15, 0.2) is 4.34 Å². The minimum Gasteiger partial charge on any atom is -0.507 e. The molecule has 2 heterocycles. The number of aryl methyl sites for hydroxylation is 1. The highest BCUT2D eigenvalue weighted by Gasteiger charge is 2.48. The number of aliphatic hydroxyl groups excluding tert-OH is 1. The van der Waals surface area contributed by atoms with E-state index in [1.165, 1.54) is 28.0 Å². The molecule has 0 bridgehead atoms. The van der Waals surface area contributed by atoms with E-state index in [0.717, 1.165) is 16.7 Å². The monoisotopic (exact) mass is 731 g/mol. The summed E-state index contributed by atoms with van der Waals surface area (Å²) >= 11 is 8.96. The Morgan fingerprint density at radius 3 is 2.37 bits per heavy atom. The standard InChI is InChI=1S/C40H30ClN3O5S2/c1-25-9-7-10-26(21-25)23-48-30-19-17-27(18-20-30)36(45)34-35(28-12-8-15-32(22-28)49-31-13-3-2-4-14-31)44(38(47)37(34)46)39-42-43-40(51-39)50-24-29-11-5-6-16-33(29)41/h2-22,35,45H,23-24H2,1H3/b36-34+. The Morgan fingerprint density at radius 1 is 0.843 bits per heavy atom. The number of carbonyl (C=O) groups is 2. The molecule has 1 aliphatic rings. The minimum absolute atomic E-state index is 0.0780. The van der Waals surface area contributed by atoms with E-state index in [2.05, 4.69) is 16.3 Å². The minimum atomic E-state index is -1.02. The van der Waals surface area contributed by atoms with E-state index in [0.29, 0.717) is 50.1 Å². The molecule has 11 heteroatoms. The second kappa shape index (κ2) is 15.2. The van der Waals surface area contributed by atoms with Gasteiger partial charge in [-0.05, 0) is 78.2 Å². The van der Waals surface area contributed by atoms with Gasteiger partial charge >= 0.3 is 5.91 Å². The molecule has 7 rings (SSSR count). The van der Waals surface area contributed by atoms with Crippen molar-refractivity contribution >= 4 is 57.3 Å². The van der Waals surface area contributed by atoms with Gasteiger partial charge in [-0.2, -0.15) is 0 Å². The zero-order valence-corrected chi connectivity index (χ0v) is 29.6. The fourth-order valence-corrected chi connectivity index (χ4v) is 7.82. The van der Waals surface area contributed by atoms with E-state index < -0.39 is 17.7 Å². The first kappa shape index (κ1) is 34.0. The van der Waals surface area contributed by atoms with Crippen LogP contribution in [-0.4, -0.2) is 27.0 Å². The number of anilines is 1. The van der Waals surface area contributed by atoms with Crippen LogP contribution in [0, 0.1) is 6.92 Å². The second-order valence-electron chi connectivity index (χ2n) is 11.7. The summed E-state index contributed by atoms with van der Waals surface area (Å²) in [7, 11) is 0. The maximum Gasteiger partial charge on any atom is 0.301 e. The topological polar surface area (TPSA) is 102 Å². The van der Waals surface area contributed by atoms with Gasteiger partial charge in [-0.25, -0.2) is 0 Å².